The summed E-state index contributed by atoms with van der Waals surface area (Å²) in [6.07, 6.45) is -0.511. The summed E-state index contributed by atoms with van der Waals surface area (Å²) in [7, 11) is 1.49. The smallest absolute Gasteiger partial charge is 0.407 e. The highest BCUT2D eigenvalue weighted by Gasteiger charge is 2.16. The highest BCUT2D eigenvalue weighted by molar-refractivity contribution is 5.67. The van der Waals surface area contributed by atoms with E-state index in [-0.39, 0.29) is 6.54 Å². The first-order valence-electron chi connectivity index (χ1n) is 6.18. The lowest BCUT2D eigenvalue weighted by molar-refractivity contribution is 0.0523. The van der Waals surface area contributed by atoms with Crippen LogP contribution in [0.4, 0.5) is 9.18 Å². The number of halogens is 1. The Bertz CT molecular complexity index is 457. The second-order valence-electron chi connectivity index (χ2n) is 5.08. The van der Waals surface area contributed by atoms with E-state index in [0.29, 0.717) is 11.5 Å². The minimum atomic E-state index is -0.904. The molecular weight excluding hydrogens is 265 g/mol. The van der Waals surface area contributed by atoms with Gasteiger partial charge in [-0.15, -0.1) is 0 Å². The molecule has 20 heavy (non-hydrogen) atoms. The molecule has 0 radical (unpaired) electrons. The number of alkyl carbamates (subject to hydrolysis) is 1. The van der Waals surface area contributed by atoms with Gasteiger partial charge in [-0.05, 0) is 32.9 Å². The van der Waals surface area contributed by atoms with Gasteiger partial charge >= 0.3 is 6.09 Å². The van der Waals surface area contributed by atoms with Crippen LogP contribution in [0.3, 0.4) is 0 Å². The van der Waals surface area contributed by atoms with Gasteiger partial charge in [0, 0.05) is 18.2 Å². The second kappa shape index (κ2) is 6.98. The van der Waals surface area contributed by atoms with E-state index in [4.69, 9.17) is 14.2 Å². The van der Waals surface area contributed by atoms with E-state index in [1.54, 1.807) is 39.0 Å². The Morgan fingerprint density at radius 2 is 2.05 bits per heavy atom. The third-order valence-corrected chi connectivity index (χ3v) is 2.30. The number of nitrogens with one attached hydrogen (secondary N) is 1. The highest BCUT2D eigenvalue weighted by atomic mass is 19.1. The minimum Gasteiger partial charge on any atom is -0.496 e. The zero-order valence-corrected chi connectivity index (χ0v) is 12.2. The first-order chi connectivity index (χ1) is 9.35. The van der Waals surface area contributed by atoms with Crippen LogP contribution in [-0.4, -0.2) is 25.7 Å². The van der Waals surface area contributed by atoms with Crippen molar-refractivity contribution in [2.45, 2.75) is 32.9 Å². The van der Waals surface area contributed by atoms with Gasteiger partial charge in [-0.1, -0.05) is 0 Å². The summed E-state index contributed by atoms with van der Waals surface area (Å²) in [5, 5.41) is 2.63. The summed E-state index contributed by atoms with van der Waals surface area (Å²) in [5.74, 6) is 0.873. The molecule has 0 aliphatic rings. The summed E-state index contributed by atoms with van der Waals surface area (Å²) in [6, 6.07) is 4.86. The minimum absolute atomic E-state index is 0.244. The molecule has 0 aromatic heterocycles. The summed E-state index contributed by atoms with van der Waals surface area (Å²) in [4.78, 5) is 11.6. The number of hydrogen-bond acceptors (Lipinski definition) is 4. The Morgan fingerprint density at radius 1 is 1.35 bits per heavy atom. The third kappa shape index (κ3) is 5.34. The summed E-state index contributed by atoms with van der Waals surface area (Å²) >= 11 is 0. The fourth-order valence-electron chi connectivity index (χ4n) is 1.51. The van der Waals surface area contributed by atoms with Crippen molar-refractivity contribution >= 4 is 6.09 Å². The van der Waals surface area contributed by atoms with E-state index < -0.39 is 18.6 Å². The maximum Gasteiger partial charge on any atom is 0.407 e. The molecule has 0 bridgehead atoms. The average molecular weight is 285 g/mol. The van der Waals surface area contributed by atoms with Crippen LogP contribution in [0.5, 0.6) is 11.5 Å². The Hall–Kier alpha value is -1.98. The summed E-state index contributed by atoms with van der Waals surface area (Å²) < 4.78 is 27.1. The van der Waals surface area contributed by atoms with Crippen LogP contribution in [0, 0.1) is 0 Å². The molecule has 1 rings (SSSR count). The van der Waals surface area contributed by atoms with Gasteiger partial charge in [0.05, 0.1) is 7.11 Å². The molecule has 0 atom stereocenters. The van der Waals surface area contributed by atoms with Crippen molar-refractivity contribution in [2.24, 2.45) is 0 Å². The number of rotatable bonds is 5. The first kappa shape index (κ1) is 16.1. The molecule has 0 heterocycles. The van der Waals surface area contributed by atoms with E-state index >= 15 is 0 Å². The van der Waals surface area contributed by atoms with Crippen molar-refractivity contribution in [3.8, 4) is 11.5 Å². The molecule has 1 amide bonds. The molecule has 0 unspecified atom stereocenters. The molecule has 0 aliphatic heterocycles. The van der Waals surface area contributed by atoms with E-state index in [0.717, 1.165) is 5.56 Å². The molecular formula is C14H20FNO4. The molecule has 6 heteroatoms. The van der Waals surface area contributed by atoms with E-state index in [2.05, 4.69) is 5.32 Å². The molecule has 0 fully saturated rings. The normalized spacial score (nSPS) is 10.8. The monoisotopic (exact) mass is 285 g/mol. The van der Waals surface area contributed by atoms with Crippen LogP contribution in [0.2, 0.25) is 0 Å². The predicted molar refractivity (Wildman–Crippen MR) is 72.7 cm³/mol. The largest absolute Gasteiger partial charge is 0.496 e. The molecule has 1 aromatic rings. The average Bonchev–Trinajstić information content (AvgIpc) is 2.35. The molecule has 0 spiro atoms. The molecule has 1 N–H and O–H groups in total. The maximum absolute atomic E-state index is 12.1. The van der Waals surface area contributed by atoms with Crippen molar-refractivity contribution in [1.82, 2.24) is 5.32 Å². The summed E-state index contributed by atoms with van der Waals surface area (Å²) in [6.45, 7) is 4.70. The highest BCUT2D eigenvalue weighted by Crippen LogP contribution is 2.24. The van der Waals surface area contributed by atoms with Crippen molar-refractivity contribution in [3.63, 3.8) is 0 Å². The van der Waals surface area contributed by atoms with Crippen molar-refractivity contribution in [3.05, 3.63) is 23.8 Å². The van der Waals surface area contributed by atoms with Crippen molar-refractivity contribution in [1.29, 1.82) is 0 Å². The van der Waals surface area contributed by atoms with Crippen LogP contribution >= 0.6 is 0 Å². The molecule has 5 nitrogen and oxygen atoms in total. The number of benzene rings is 1. The number of ether oxygens (including phenoxy) is 3. The van der Waals surface area contributed by atoms with Gasteiger partial charge < -0.3 is 19.5 Å². The molecule has 112 valence electrons. The maximum atomic E-state index is 12.1. The second-order valence-corrected chi connectivity index (χ2v) is 5.08. The van der Waals surface area contributed by atoms with Crippen LogP contribution in [0.1, 0.15) is 26.3 Å². The van der Waals surface area contributed by atoms with Crippen LogP contribution in [0.25, 0.3) is 0 Å². The third-order valence-electron chi connectivity index (χ3n) is 2.30. The van der Waals surface area contributed by atoms with Gasteiger partial charge in [-0.3, -0.25) is 0 Å². The van der Waals surface area contributed by atoms with Gasteiger partial charge in [0.1, 0.15) is 17.1 Å². The fourth-order valence-corrected chi connectivity index (χ4v) is 1.51. The van der Waals surface area contributed by atoms with Gasteiger partial charge in [-0.25, -0.2) is 9.18 Å². The number of amides is 1. The van der Waals surface area contributed by atoms with Gasteiger partial charge in [-0.2, -0.15) is 0 Å². The molecule has 0 aliphatic carbocycles. The number of hydrogen-bond donors (Lipinski definition) is 1. The Balaban J connectivity index is 2.65. The SMILES string of the molecule is COc1cc(OCF)ccc1CNC(=O)OC(C)(C)C. The topological polar surface area (TPSA) is 56.8 Å². The number of carbonyl (C=O) groups is 1. The zero-order valence-electron chi connectivity index (χ0n) is 12.2. The lowest BCUT2D eigenvalue weighted by Gasteiger charge is -2.20. The summed E-state index contributed by atoms with van der Waals surface area (Å²) in [5.41, 5.74) is 0.192. The quantitative estimate of drug-likeness (QED) is 0.903. The van der Waals surface area contributed by atoms with Crippen molar-refractivity contribution < 1.29 is 23.4 Å². The van der Waals surface area contributed by atoms with Crippen LogP contribution < -0.4 is 14.8 Å². The molecule has 0 saturated heterocycles. The Labute approximate surface area is 118 Å². The number of methoxy groups -OCH3 is 1. The number of carbonyl (C=O) groups excluding carboxylic acids is 1. The Kier molecular flexibility index (Phi) is 5.61. The molecule has 1 aromatic carbocycles. The van der Waals surface area contributed by atoms with E-state index in [1.165, 1.54) is 7.11 Å². The molecule has 0 saturated carbocycles. The fraction of sp³-hybridized carbons (Fsp3) is 0.500. The lowest BCUT2D eigenvalue weighted by atomic mass is 10.2. The van der Waals surface area contributed by atoms with Crippen LogP contribution in [-0.2, 0) is 11.3 Å². The first-order valence-corrected chi connectivity index (χ1v) is 6.18. The van der Waals surface area contributed by atoms with E-state index in [9.17, 15) is 9.18 Å². The predicted octanol–water partition coefficient (Wildman–Crippen LogP) is 3.03. The number of alkyl halides is 1. The van der Waals surface area contributed by atoms with Gasteiger partial charge in [0.2, 0.25) is 6.86 Å². The lowest BCUT2D eigenvalue weighted by Crippen LogP contribution is -2.32. The zero-order chi connectivity index (χ0) is 15.2. The van der Waals surface area contributed by atoms with Crippen LogP contribution in [0.15, 0.2) is 18.2 Å². The van der Waals surface area contributed by atoms with Gasteiger partial charge in [0.15, 0.2) is 0 Å². The Morgan fingerprint density at radius 3 is 2.60 bits per heavy atom. The van der Waals surface area contributed by atoms with Crippen molar-refractivity contribution in [2.75, 3.05) is 14.0 Å². The van der Waals surface area contributed by atoms with Gasteiger partial charge in [0.25, 0.3) is 0 Å². The van der Waals surface area contributed by atoms with E-state index in [1.807, 2.05) is 0 Å². The standard InChI is InChI=1S/C14H20FNO4/c1-14(2,3)20-13(17)16-8-10-5-6-11(19-9-15)7-12(10)18-4/h5-7H,8-9H2,1-4H3,(H,16,17).